The van der Waals surface area contributed by atoms with E-state index in [0.29, 0.717) is 5.69 Å². The molecular weight excluding hydrogens is 536 g/mol. The van der Waals surface area contributed by atoms with Gasteiger partial charge in [0.15, 0.2) is 5.58 Å². The van der Waals surface area contributed by atoms with Gasteiger partial charge in [-0.2, -0.15) is 0 Å². The van der Waals surface area contributed by atoms with Crippen LogP contribution in [-0.2, 0) is 10.8 Å². The van der Waals surface area contributed by atoms with Crippen LogP contribution in [0.1, 0.15) is 48.6 Å². The van der Waals surface area contributed by atoms with Crippen LogP contribution >= 0.6 is 0 Å². The molecule has 9 rings (SSSR count). The van der Waals surface area contributed by atoms with E-state index in [1.165, 1.54) is 50.1 Å². The van der Waals surface area contributed by atoms with Gasteiger partial charge in [-0.25, -0.2) is 0 Å². The standard InChI is InChI=1S/C41H32N2O/c1-40(2,3)24-17-15-23(16-18-24)26-11-8-14-35-37(26)38-36-29-20-19-25(42)21-32(29)41(33(36)22-34(43)39(38)44-35)30-12-6-4-9-27(30)28-10-5-7-13-31(28)41/h4-22H,42-43H2,1-3H3. The van der Waals surface area contributed by atoms with Crippen LogP contribution in [0.3, 0.4) is 0 Å². The summed E-state index contributed by atoms with van der Waals surface area (Å²) in [7, 11) is 0. The van der Waals surface area contributed by atoms with Crippen molar-refractivity contribution in [3.8, 4) is 33.4 Å². The fourth-order valence-corrected chi connectivity index (χ4v) is 8.03. The van der Waals surface area contributed by atoms with Crippen molar-refractivity contribution >= 4 is 33.3 Å². The highest BCUT2D eigenvalue weighted by molar-refractivity contribution is 6.22. The Hall–Kier alpha value is -5.28. The zero-order valence-electron chi connectivity index (χ0n) is 25.0. The summed E-state index contributed by atoms with van der Waals surface area (Å²) in [6, 6.07) is 41.4. The Balaban J connectivity index is 1.45. The predicted octanol–water partition coefficient (Wildman–Crippen LogP) is 10.1. The Morgan fingerprint density at radius 3 is 1.91 bits per heavy atom. The van der Waals surface area contributed by atoms with Crippen LogP contribution in [0.25, 0.3) is 55.3 Å². The molecule has 1 aromatic heterocycles. The van der Waals surface area contributed by atoms with E-state index in [4.69, 9.17) is 15.9 Å². The van der Waals surface area contributed by atoms with Gasteiger partial charge in [-0.3, -0.25) is 0 Å². The van der Waals surface area contributed by atoms with E-state index in [2.05, 4.69) is 130 Å². The average molecular weight is 569 g/mol. The Morgan fingerprint density at radius 1 is 0.568 bits per heavy atom. The van der Waals surface area contributed by atoms with Gasteiger partial charge >= 0.3 is 0 Å². The molecule has 0 fully saturated rings. The van der Waals surface area contributed by atoms with Crippen molar-refractivity contribution in [1.82, 2.24) is 0 Å². The van der Waals surface area contributed by atoms with Crippen molar-refractivity contribution in [1.29, 1.82) is 0 Å². The summed E-state index contributed by atoms with van der Waals surface area (Å²) < 4.78 is 6.63. The highest BCUT2D eigenvalue weighted by Crippen LogP contribution is 2.65. The van der Waals surface area contributed by atoms with Crippen molar-refractivity contribution in [3.05, 3.63) is 143 Å². The second kappa shape index (κ2) is 8.42. The minimum Gasteiger partial charge on any atom is -0.454 e. The van der Waals surface area contributed by atoms with Crippen molar-refractivity contribution in [2.45, 2.75) is 31.6 Å². The second-order valence-corrected chi connectivity index (χ2v) is 13.3. The zero-order chi connectivity index (χ0) is 30.0. The lowest BCUT2D eigenvalue weighted by Crippen LogP contribution is -2.26. The molecule has 1 heterocycles. The van der Waals surface area contributed by atoms with Crippen molar-refractivity contribution in [3.63, 3.8) is 0 Å². The van der Waals surface area contributed by atoms with Gasteiger partial charge in [-0.1, -0.05) is 112 Å². The van der Waals surface area contributed by atoms with Gasteiger partial charge in [-0.15, -0.1) is 0 Å². The van der Waals surface area contributed by atoms with Crippen LogP contribution in [0, 0.1) is 0 Å². The number of hydrogen-bond donors (Lipinski definition) is 2. The molecule has 0 amide bonds. The molecule has 0 saturated carbocycles. The minimum absolute atomic E-state index is 0.0793. The number of hydrogen-bond acceptors (Lipinski definition) is 3. The first kappa shape index (κ1) is 25.2. The third kappa shape index (κ3) is 3.06. The molecule has 0 aliphatic heterocycles. The summed E-state index contributed by atoms with van der Waals surface area (Å²) >= 11 is 0. The van der Waals surface area contributed by atoms with Gasteiger partial charge in [0, 0.05) is 16.5 Å². The molecule has 3 heteroatoms. The fraction of sp³-hybridized carbons (Fsp3) is 0.122. The van der Waals surface area contributed by atoms with Crippen molar-refractivity contribution in [2.24, 2.45) is 0 Å². The number of furan rings is 1. The third-order valence-corrected chi connectivity index (χ3v) is 9.93. The summed E-state index contributed by atoms with van der Waals surface area (Å²) in [5.41, 5.74) is 29.4. The van der Waals surface area contributed by atoms with Crippen molar-refractivity contribution in [2.75, 3.05) is 11.5 Å². The Labute approximate surface area is 256 Å². The maximum atomic E-state index is 6.99. The van der Waals surface area contributed by atoms with Crippen LogP contribution in [0.2, 0.25) is 0 Å². The first-order chi connectivity index (χ1) is 21.3. The van der Waals surface area contributed by atoms with E-state index < -0.39 is 5.41 Å². The topological polar surface area (TPSA) is 65.2 Å². The molecule has 2 aliphatic rings. The van der Waals surface area contributed by atoms with Crippen LogP contribution < -0.4 is 11.5 Å². The molecule has 0 radical (unpaired) electrons. The van der Waals surface area contributed by atoms with E-state index >= 15 is 0 Å². The first-order valence-electron chi connectivity index (χ1n) is 15.3. The number of rotatable bonds is 1. The van der Waals surface area contributed by atoms with E-state index in [1.54, 1.807) is 0 Å². The van der Waals surface area contributed by atoms with E-state index in [1.807, 2.05) is 6.07 Å². The maximum Gasteiger partial charge on any atom is 0.158 e. The molecule has 0 bridgehead atoms. The molecule has 0 atom stereocenters. The molecule has 212 valence electrons. The summed E-state index contributed by atoms with van der Waals surface area (Å²) in [5.74, 6) is 0. The van der Waals surface area contributed by atoms with Gasteiger partial charge < -0.3 is 15.9 Å². The normalized spacial score (nSPS) is 14.2. The number of anilines is 2. The van der Waals surface area contributed by atoms with Crippen LogP contribution in [-0.4, -0.2) is 0 Å². The molecular formula is C41H32N2O. The highest BCUT2D eigenvalue weighted by Gasteiger charge is 2.52. The lowest BCUT2D eigenvalue weighted by atomic mass is 9.70. The monoisotopic (exact) mass is 568 g/mol. The van der Waals surface area contributed by atoms with Gasteiger partial charge in [0.1, 0.15) is 5.58 Å². The Bertz CT molecular complexity index is 2290. The summed E-state index contributed by atoms with van der Waals surface area (Å²) in [6.07, 6.45) is 0. The van der Waals surface area contributed by atoms with Crippen molar-refractivity contribution < 1.29 is 4.42 Å². The summed E-state index contributed by atoms with van der Waals surface area (Å²) in [5, 5.41) is 2.16. The third-order valence-electron chi connectivity index (χ3n) is 9.93. The number of fused-ring (bicyclic) bond motifs is 14. The summed E-state index contributed by atoms with van der Waals surface area (Å²) in [6.45, 7) is 6.74. The van der Waals surface area contributed by atoms with Crippen LogP contribution in [0.5, 0.6) is 0 Å². The fourth-order valence-electron chi connectivity index (χ4n) is 8.03. The molecule has 44 heavy (non-hydrogen) atoms. The Kier molecular flexibility index (Phi) is 4.83. The van der Waals surface area contributed by atoms with Crippen LogP contribution in [0.4, 0.5) is 11.4 Å². The van der Waals surface area contributed by atoms with Crippen LogP contribution in [0.15, 0.2) is 120 Å². The predicted molar refractivity (Wildman–Crippen MR) is 183 cm³/mol. The first-order valence-corrected chi connectivity index (χ1v) is 15.3. The molecule has 0 saturated heterocycles. The molecule has 3 nitrogen and oxygen atoms in total. The number of nitrogen functional groups attached to an aromatic ring is 2. The van der Waals surface area contributed by atoms with Gasteiger partial charge in [-0.05, 0) is 90.9 Å². The smallest absolute Gasteiger partial charge is 0.158 e. The molecule has 7 aromatic rings. The largest absolute Gasteiger partial charge is 0.454 e. The Morgan fingerprint density at radius 2 is 1.23 bits per heavy atom. The van der Waals surface area contributed by atoms with E-state index in [0.717, 1.165) is 38.8 Å². The SMILES string of the molecule is CC(C)(C)c1ccc(-c2cccc3oc4c(N)cc5c(c4c23)-c2ccc(N)cc2C52c3ccccc3-c3ccccc32)cc1. The summed E-state index contributed by atoms with van der Waals surface area (Å²) in [4.78, 5) is 0. The molecule has 1 spiro atoms. The van der Waals surface area contributed by atoms with Gasteiger partial charge in [0.25, 0.3) is 0 Å². The molecule has 4 N–H and O–H groups in total. The number of benzene rings is 6. The molecule has 0 unspecified atom stereocenters. The van der Waals surface area contributed by atoms with Gasteiger partial charge in [0.2, 0.25) is 0 Å². The second-order valence-electron chi connectivity index (χ2n) is 13.3. The molecule has 6 aromatic carbocycles. The maximum absolute atomic E-state index is 6.99. The quantitative estimate of drug-likeness (QED) is 0.194. The van der Waals surface area contributed by atoms with Gasteiger partial charge in [0.05, 0.1) is 11.1 Å². The molecule has 2 aliphatic carbocycles. The lowest BCUT2D eigenvalue weighted by Gasteiger charge is -2.30. The van der Waals surface area contributed by atoms with E-state index in [-0.39, 0.29) is 5.41 Å². The highest BCUT2D eigenvalue weighted by atomic mass is 16.3. The van der Waals surface area contributed by atoms with E-state index in [9.17, 15) is 0 Å². The lowest BCUT2D eigenvalue weighted by molar-refractivity contribution is 0.590. The number of nitrogens with two attached hydrogens (primary N) is 2. The minimum atomic E-state index is -0.539. The zero-order valence-corrected chi connectivity index (χ0v) is 25.0. The average Bonchev–Trinajstić information content (AvgIpc) is 3.65.